The molecule has 1 unspecified atom stereocenters. The Bertz CT molecular complexity index is 229. The van der Waals surface area contributed by atoms with Gasteiger partial charge in [-0.2, -0.15) is 0 Å². The van der Waals surface area contributed by atoms with Crippen LogP contribution in [0, 0.1) is 0 Å². The minimum Gasteiger partial charge on any atom is -0.462 e. The van der Waals surface area contributed by atoms with Crippen LogP contribution in [0.25, 0.3) is 0 Å². The van der Waals surface area contributed by atoms with Crippen LogP contribution >= 0.6 is 0 Å². The van der Waals surface area contributed by atoms with E-state index in [0.29, 0.717) is 12.0 Å². The van der Waals surface area contributed by atoms with Crippen molar-refractivity contribution < 1.29 is 24.2 Å². The van der Waals surface area contributed by atoms with Gasteiger partial charge >= 0.3 is 0 Å². The summed E-state index contributed by atoms with van der Waals surface area (Å²) < 4.78 is 4.61. The van der Waals surface area contributed by atoms with Gasteiger partial charge < -0.3 is 19.4 Å². The van der Waals surface area contributed by atoms with E-state index in [2.05, 4.69) is 4.42 Å². The largest absolute Gasteiger partial charge is 0.462 e. The van der Waals surface area contributed by atoms with E-state index in [0.717, 1.165) is 0 Å². The number of rotatable bonds is 3. The van der Waals surface area contributed by atoms with Crippen LogP contribution in [-0.4, -0.2) is 35.5 Å². The van der Waals surface area contributed by atoms with E-state index < -0.39 is 12.7 Å². The second kappa shape index (κ2) is 7.20. The maximum atomic E-state index is 9.77. The molecule has 2 N–H and O–H groups in total. The molecule has 1 rings (SSSR count). The highest BCUT2D eigenvalue weighted by atomic mass is 16.3. The standard InChI is InChI=1S/C5H4O2.C3H6O3/c6-4-5-2-1-3-7-5;4-1-3(6)2-5/h1-4H;1,3,5-6H,2H2. The number of carbonyl (C=O) groups is 2. The number of aliphatic hydroxyl groups is 2. The SMILES string of the molecule is O=CC(O)CO.O=Cc1ccco1. The summed E-state index contributed by atoms with van der Waals surface area (Å²) in [6.07, 6.45) is 1.22. The van der Waals surface area contributed by atoms with E-state index in [9.17, 15) is 9.59 Å². The number of hydrogen-bond donors (Lipinski definition) is 2. The maximum absolute atomic E-state index is 9.77. The lowest BCUT2D eigenvalue weighted by Gasteiger charge is -1.89. The molecule has 0 radical (unpaired) electrons. The van der Waals surface area contributed by atoms with Crippen LogP contribution in [0.15, 0.2) is 22.8 Å². The Hall–Kier alpha value is -1.46. The van der Waals surface area contributed by atoms with Crippen molar-refractivity contribution in [3.05, 3.63) is 24.2 Å². The summed E-state index contributed by atoms with van der Waals surface area (Å²) in [5, 5.41) is 15.9. The third-order valence-corrected chi connectivity index (χ3v) is 1.00. The molecule has 5 heteroatoms. The van der Waals surface area contributed by atoms with Crippen LogP contribution in [0.1, 0.15) is 10.6 Å². The van der Waals surface area contributed by atoms with Crippen LogP contribution in [-0.2, 0) is 4.79 Å². The minimum atomic E-state index is -1.19. The summed E-state index contributed by atoms with van der Waals surface area (Å²) in [7, 11) is 0. The molecule has 0 aliphatic carbocycles. The zero-order chi connectivity index (χ0) is 10.1. The highest BCUT2D eigenvalue weighted by Gasteiger charge is 1.92. The molecule has 0 bridgehead atoms. The summed E-state index contributed by atoms with van der Waals surface area (Å²) >= 11 is 0. The Morgan fingerprint density at radius 3 is 2.38 bits per heavy atom. The Morgan fingerprint density at radius 2 is 2.23 bits per heavy atom. The molecule has 1 aromatic rings. The Balaban J connectivity index is 0.000000226. The fourth-order valence-corrected chi connectivity index (χ4v) is 0.401. The van der Waals surface area contributed by atoms with Gasteiger partial charge in [0.05, 0.1) is 12.9 Å². The van der Waals surface area contributed by atoms with Crippen molar-refractivity contribution in [1.29, 1.82) is 0 Å². The summed E-state index contributed by atoms with van der Waals surface area (Å²) in [6.45, 7) is -0.483. The molecular formula is C8H10O5. The van der Waals surface area contributed by atoms with Crippen molar-refractivity contribution in [2.45, 2.75) is 6.10 Å². The first-order valence-electron chi connectivity index (χ1n) is 3.47. The third-order valence-electron chi connectivity index (χ3n) is 1.00. The lowest BCUT2D eigenvalue weighted by Crippen LogP contribution is -2.12. The highest BCUT2D eigenvalue weighted by molar-refractivity contribution is 5.69. The topological polar surface area (TPSA) is 87.7 Å². The summed E-state index contributed by atoms with van der Waals surface area (Å²) in [6, 6.07) is 3.27. The van der Waals surface area contributed by atoms with Gasteiger partial charge in [0.1, 0.15) is 6.10 Å². The zero-order valence-electron chi connectivity index (χ0n) is 6.79. The minimum absolute atomic E-state index is 0.278. The Morgan fingerprint density at radius 1 is 1.54 bits per heavy atom. The Labute approximate surface area is 74.6 Å². The van der Waals surface area contributed by atoms with Gasteiger partial charge in [0.2, 0.25) is 0 Å². The van der Waals surface area contributed by atoms with Crippen LogP contribution in [0.3, 0.4) is 0 Å². The summed E-state index contributed by atoms with van der Waals surface area (Å²) in [5.41, 5.74) is 0. The van der Waals surface area contributed by atoms with Gasteiger partial charge in [-0.1, -0.05) is 0 Å². The van der Waals surface area contributed by atoms with Gasteiger partial charge in [-0.3, -0.25) is 4.79 Å². The van der Waals surface area contributed by atoms with E-state index in [4.69, 9.17) is 10.2 Å². The van der Waals surface area contributed by atoms with E-state index in [-0.39, 0.29) is 6.29 Å². The molecule has 13 heavy (non-hydrogen) atoms. The molecule has 0 aromatic carbocycles. The number of furan rings is 1. The van der Waals surface area contributed by atoms with Gasteiger partial charge in [-0.25, -0.2) is 0 Å². The second-order valence-electron chi connectivity index (χ2n) is 2.02. The number of aldehydes is 2. The smallest absolute Gasteiger partial charge is 0.185 e. The first-order valence-corrected chi connectivity index (χ1v) is 3.47. The lowest BCUT2D eigenvalue weighted by atomic mass is 10.4. The van der Waals surface area contributed by atoms with Crippen molar-refractivity contribution in [3.8, 4) is 0 Å². The maximum Gasteiger partial charge on any atom is 0.185 e. The van der Waals surface area contributed by atoms with Crippen LogP contribution in [0.5, 0.6) is 0 Å². The van der Waals surface area contributed by atoms with E-state index in [1.165, 1.54) is 6.26 Å². The second-order valence-corrected chi connectivity index (χ2v) is 2.02. The molecule has 0 fully saturated rings. The molecule has 5 nitrogen and oxygen atoms in total. The summed E-state index contributed by atoms with van der Waals surface area (Å²) in [5.74, 6) is 0.375. The van der Waals surface area contributed by atoms with Gasteiger partial charge in [-0.15, -0.1) is 0 Å². The molecule has 72 valence electrons. The molecule has 0 saturated heterocycles. The molecule has 0 amide bonds. The molecule has 1 atom stereocenters. The summed E-state index contributed by atoms with van der Waals surface area (Å²) in [4.78, 5) is 19.1. The van der Waals surface area contributed by atoms with Crippen LogP contribution < -0.4 is 0 Å². The van der Waals surface area contributed by atoms with Crippen molar-refractivity contribution in [2.75, 3.05) is 6.61 Å². The van der Waals surface area contributed by atoms with Crippen LogP contribution in [0.4, 0.5) is 0 Å². The van der Waals surface area contributed by atoms with Gasteiger partial charge in [-0.05, 0) is 12.1 Å². The monoisotopic (exact) mass is 186 g/mol. The molecule has 1 heterocycles. The molecular weight excluding hydrogens is 176 g/mol. The fourth-order valence-electron chi connectivity index (χ4n) is 0.401. The van der Waals surface area contributed by atoms with E-state index in [1.807, 2.05) is 0 Å². The molecule has 1 aromatic heterocycles. The highest BCUT2D eigenvalue weighted by Crippen LogP contribution is 1.92. The van der Waals surface area contributed by atoms with Crippen molar-refractivity contribution in [1.82, 2.24) is 0 Å². The third kappa shape index (κ3) is 5.77. The molecule has 0 aliphatic rings. The molecule has 0 spiro atoms. The fraction of sp³-hybridized carbons (Fsp3) is 0.250. The lowest BCUT2D eigenvalue weighted by molar-refractivity contribution is -0.116. The average molecular weight is 186 g/mol. The normalized spacial score (nSPS) is 10.9. The predicted molar refractivity (Wildman–Crippen MR) is 43.3 cm³/mol. The predicted octanol–water partition coefficient (Wildman–Crippen LogP) is -0.369. The van der Waals surface area contributed by atoms with Crippen molar-refractivity contribution in [3.63, 3.8) is 0 Å². The van der Waals surface area contributed by atoms with Gasteiger partial charge in [0.25, 0.3) is 0 Å². The van der Waals surface area contributed by atoms with Gasteiger partial charge in [0, 0.05) is 0 Å². The van der Waals surface area contributed by atoms with Crippen molar-refractivity contribution in [2.24, 2.45) is 0 Å². The van der Waals surface area contributed by atoms with E-state index in [1.54, 1.807) is 12.1 Å². The van der Waals surface area contributed by atoms with Gasteiger partial charge in [0.15, 0.2) is 18.3 Å². The quantitative estimate of drug-likeness (QED) is 0.629. The number of carbonyl (C=O) groups excluding carboxylic acids is 2. The number of hydrogen-bond acceptors (Lipinski definition) is 5. The molecule has 0 saturated carbocycles. The average Bonchev–Trinajstić information content (AvgIpc) is 2.70. The van der Waals surface area contributed by atoms with Crippen molar-refractivity contribution >= 4 is 12.6 Å². The first kappa shape index (κ1) is 11.5. The number of aliphatic hydroxyl groups excluding tert-OH is 2. The molecule has 0 aliphatic heterocycles. The zero-order valence-corrected chi connectivity index (χ0v) is 6.79. The van der Waals surface area contributed by atoms with Crippen LogP contribution in [0.2, 0.25) is 0 Å². The first-order chi connectivity index (χ1) is 6.24. The van der Waals surface area contributed by atoms with E-state index >= 15 is 0 Å². The Kier molecular flexibility index (Phi) is 6.39.